The van der Waals surface area contributed by atoms with Gasteiger partial charge in [-0.25, -0.2) is 0 Å². The molecule has 0 radical (unpaired) electrons. The quantitative estimate of drug-likeness (QED) is 0.712. The summed E-state index contributed by atoms with van der Waals surface area (Å²) >= 11 is 3.40. The molecule has 0 saturated carbocycles. The number of para-hydroxylation sites is 1. The van der Waals surface area contributed by atoms with Crippen molar-refractivity contribution in [3.8, 4) is 0 Å². The molecule has 25 heavy (non-hydrogen) atoms. The number of nitrogens with zero attached hydrogens (tertiary/aromatic N) is 1. The highest BCUT2D eigenvalue weighted by Crippen LogP contribution is 2.17. The Balaban J connectivity index is 1.95. The summed E-state index contributed by atoms with van der Waals surface area (Å²) < 4.78 is 2.91. The van der Waals surface area contributed by atoms with E-state index in [9.17, 15) is 9.59 Å². The zero-order valence-corrected chi connectivity index (χ0v) is 15.7. The zero-order valence-electron chi connectivity index (χ0n) is 14.1. The van der Waals surface area contributed by atoms with Crippen molar-refractivity contribution in [1.29, 1.82) is 0 Å². The minimum Gasteiger partial charge on any atom is -0.347 e. The van der Waals surface area contributed by atoms with Crippen LogP contribution in [0.5, 0.6) is 0 Å². The summed E-state index contributed by atoms with van der Waals surface area (Å²) in [7, 11) is 0. The van der Waals surface area contributed by atoms with Gasteiger partial charge in [-0.05, 0) is 43.7 Å². The molecule has 3 aromatic rings. The van der Waals surface area contributed by atoms with Gasteiger partial charge in [0.2, 0.25) is 5.43 Å². The van der Waals surface area contributed by atoms with Gasteiger partial charge in [0.05, 0.1) is 11.6 Å². The Labute approximate surface area is 154 Å². The number of nitrogens with one attached hydrogen (secondary N) is 1. The van der Waals surface area contributed by atoms with Gasteiger partial charge in [0, 0.05) is 22.6 Å². The molecule has 0 aliphatic carbocycles. The van der Waals surface area contributed by atoms with E-state index in [1.54, 1.807) is 12.3 Å². The number of hydrogen-bond donors (Lipinski definition) is 1. The lowest BCUT2D eigenvalue weighted by Crippen LogP contribution is -2.31. The van der Waals surface area contributed by atoms with Crippen LogP contribution in [0.4, 0.5) is 0 Å². The predicted molar refractivity (Wildman–Crippen MR) is 104 cm³/mol. The van der Waals surface area contributed by atoms with Crippen LogP contribution in [0.1, 0.15) is 35.8 Å². The maximum absolute atomic E-state index is 12.7. The number of aryl methyl sites for hydroxylation is 1. The van der Waals surface area contributed by atoms with Crippen molar-refractivity contribution in [2.24, 2.45) is 0 Å². The molecule has 0 aliphatic rings. The highest BCUT2D eigenvalue weighted by Gasteiger charge is 2.17. The number of fused-ring (bicyclic) bond motifs is 1. The third-order valence-corrected chi connectivity index (χ3v) is 4.82. The van der Waals surface area contributed by atoms with E-state index in [-0.39, 0.29) is 22.9 Å². The molecule has 128 valence electrons. The van der Waals surface area contributed by atoms with Gasteiger partial charge in [-0.3, -0.25) is 9.59 Å². The lowest BCUT2D eigenvalue weighted by atomic mass is 10.1. The lowest BCUT2D eigenvalue weighted by Gasteiger charge is -2.16. The Morgan fingerprint density at radius 2 is 1.84 bits per heavy atom. The Kier molecular flexibility index (Phi) is 5.04. The first-order valence-corrected chi connectivity index (χ1v) is 8.99. The third-order valence-electron chi connectivity index (χ3n) is 4.29. The second-order valence-corrected chi connectivity index (χ2v) is 6.84. The highest BCUT2D eigenvalue weighted by atomic mass is 79.9. The number of pyridine rings is 1. The molecule has 5 heteroatoms. The van der Waals surface area contributed by atoms with Crippen molar-refractivity contribution in [3.05, 3.63) is 80.6 Å². The molecule has 0 unspecified atom stereocenters. The van der Waals surface area contributed by atoms with Crippen LogP contribution in [0.25, 0.3) is 10.9 Å². The molecule has 0 bridgehead atoms. The van der Waals surface area contributed by atoms with Crippen molar-refractivity contribution < 1.29 is 4.79 Å². The van der Waals surface area contributed by atoms with Gasteiger partial charge < -0.3 is 9.88 Å². The summed E-state index contributed by atoms with van der Waals surface area (Å²) in [5.41, 5.74) is 1.76. The average Bonchev–Trinajstić information content (AvgIpc) is 2.62. The van der Waals surface area contributed by atoms with Gasteiger partial charge >= 0.3 is 0 Å². The first-order valence-electron chi connectivity index (χ1n) is 8.19. The van der Waals surface area contributed by atoms with E-state index in [2.05, 4.69) is 21.2 Å². The highest BCUT2D eigenvalue weighted by molar-refractivity contribution is 9.10. The van der Waals surface area contributed by atoms with E-state index in [1.165, 1.54) is 0 Å². The van der Waals surface area contributed by atoms with E-state index in [4.69, 9.17) is 0 Å². The second-order valence-electron chi connectivity index (χ2n) is 5.92. The van der Waals surface area contributed by atoms with Gasteiger partial charge in [0.25, 0.3) is 5.91 Å². The molecule has 1 amide bonds. The summed E-state index contributed by atoms with van der Waals surface area (Å²) in [6.45, 7) is 4.58. The second kappa shape index (κ2) is 7.23. The molecular weight excluding hydrogens is 380 g/mol. The molecule has 1 N–H and O–H groups in total. The minimum absolute atomic E-state index is 0.171. The van der Waals surface area contributed by atoms with E-state index in [0.29, 0.717) is 11.9 Å². The van der Waals surface area contributed by atoms with Crippen molar-refractivity contribution in [3.63, 3.8) is 0 Å². The maximum Gasteiger partial charge on any atom is 0.257 e. The van der Waals surface area contributed by atoms with Crippen LogP contribution < -0.4 is 10.7 Å². The first-order chi connectivity index (χ1) is 12.0. The van der Waals surface area contributed by atoms with Gasteiger partial charge in [-0.2, -0.15) is 0 Å². The van der Waals surface area contributed by atoms with Crippen LogP contribution in [0.3, 0.4) is 0 Å². The fourth-order valence-corrected chi connectivity index (χ4v) is 3.14. The van der Waals surface area contributed by atoms with Crippen LogP contribution in [-0.2, 0) is 6.54 Å². The third kappa shape index (κ3) is 3.51. The molecule has 1 heterocycles. The monoisotopic (exact) mass is 398 g/mol. The molecule has 1 atom stereocenters. The molecule has 3 rings (SSSR count). The van der Waals surface area contributed by atoms with Crippen molar-refractivity contribution in [1.82, 2.24) is 9.88 Å². The molecule has 0 spiro atoms. The number of carbonyl (C=O) groups is 1. The first kappa shape index (κ1) is 17.4. The van der Waals surface area contributed by atoms with Gasteiger partial charge in [0.15, 0.2) is 0 Å². The largest absolute Gasteiger partial charge is 0.347 e. The minimum atomic E-state index is -0.353. The maximum atomic E-state index is 12.7. The Hall–Kier alpha value is -2.40. The topological polar surface area (TPSA) is 51.1 Å². The fourth-order valence-electron chi connectivity index (χ4n) is 2.88. The Bertz CT molecular complexity index is 977. The summed E-state index contributed by atoms with van der Waals surface area (Å²) in [5, 5.41) is 3.48. The standard InChI is InChI=1S/C20H19BrN2O2/c1-3-23-12-17(19(24)16-6-4-5-7-18(16)23)20(25)22-13(2)14-8-10-15(21)11-9-14/h4-13H,3H2,1-2H3,(H,22,25)/t13-/m0/s1. The molecule has 2 aromatic carbocycles. The number of halogens is 1. The Morgan fingerprint density at radius 1 is 1.16 bits per heavy atom. The summed E-state index contributed by atoms with van der Waals surface area (Å²) in [4.78, 5) is 25.4. The number of benzene rings is 2. The van der Waals surface area contributed by atoms with Crippen molar-refractivity contribution in [2.75, 3.05) is 0 Å². The SMILES string of the molecule is CCn1cc(C(=O)N[C@@H](C)c2ccc(Br)cc2)c(=O)c2ccccc21. The van der Waals surface area contributed by atoms with Crippen LogP contribution >= 0.6 is 15.9 Å². The smallest absolute Gasteiger partial charge is 0.257 e. The Morgan fingerprint density at radius 3 is 2.52 bits per heavy atom. The summed E-state index contributed by atoms with van der Waals surface area (Å²) in [6.07, 6.45) is 1.65. The van der Waals surface area contributed by atoms with Crippen LogP contribution in [-0.4, -0.2) is 10.5 Å². The zero-order chi connectivity index (χ0) is 18.0. The van der Waals surface area contributed by atoms with Crippen LogP contribution in [0, 0.1) is 0 Å². The molecule has 0 fully saturated rings. The van der Waals surface area contributed by atoms with Gasteiger partial charge in [-0.1, -0.05) is 40.2 Å². The number of rotatable bonds is 4. The molecule has 1 aromatic heterocycles. The van der Waals surface area contributed by atoms with Crippen molar-refractivity contribution >= 4 is 32.7 Å². The summed E-state index contributed by atoms with van der Waals surface area (Å²) in [5.74, 6) is -0.353. The van der Waals surface area contributed by atoms with E-state index >= 15 is 0 Å². The van der Waals surface area contributed by atoms with Crippen LogP contribution in [0.2, 0.25) is 0 Å². The lowest BCUT2D eigenvalue weighted by molar-refractivity contribution is 0.0938. The normalized spacial score (nSPS) is 12.1. The van der Waals surface area contributed by atoms with Crippen molar-refractivity contribution in [2.45, 2.75) is 26.4 Å². The number of carbonyl (C=O) groups excluding carboxylic acids is 1. The van der Waals surface area contributed by atoms with E-state index in [0.717, 1.165) is 15.6 Å². The molecule has 0 aliphatic heterocycles. The van der Waals surface area contributed by atoms with Gasteiger partial charge in [0.1, 0.15) is 5.56 Å². The number of aromatic nitrogens is 1. The summed E-state index contributed by atoms with van der Waals surface area (Å²) in [6, 6.07) is 14.9. The number of hydrogen-bond acceptors (Lipinski definition) is 2. The molecule has 4 nitrogen and oxygen atoms in total. The predicted octanol–water partition coefficient (Wildman–Crippen LogP) is 4.27. The average molecular weight is 399 g/mol. The van der Waals surface area contributed by atoms with E-state index < -0.39 is 0 Å². The fraction of sp³-hybridized carbons (Fsp3) is 0.200. The van der Waals surface area contributed by atoms with Crippen LogP contribution in [0.15, 0.2) is 64.0 Å². The van der Waals surface area contributed by atoms with E-state index in [1.807, 2.05) is 60.9 Å². The van der Waals surface area contributed by atoms with Gasteiger partial charge in [-0.15, -0.1) is 0 Å². The molecular formula is C20H19BrN2O2. The molecule has 0 saturated heterocycles. The number of amides is 1.